The molecular weight excluding hydrogens is 463 g/mol. The topological polar surface area (TPSA) is 58.2 Å². The Morgan fingerprint density at radius 3 is 2.38 bits per heavy atom. The Labute approximate surface area is 202 Å². The number of hydrogen-bond donors (Lipinski definition) is 2. The number of nitrogens with one attached hydrogen (secondary N) is 2. The summed E-state index contributed by atoms with van der Waals surface area (Å²) in [7, 11) is 0. The van der Waals surface area contributed by atoms with Crippen molar-refractivity contribution in [1.82, 2.24) is 0 Å². The minimum absolute atomic E-state index is 0.0474. The van der Waals surface area contributed by atoms with Crippen LogP contribution in [-0.2, 0) is 11.2 Å². The molecule has 2 amide bonds. The second kappa shape index (κ2) is 10.9. The first-order valence-corrected chi connectivity index (χ1v) is 11.8. The highest BCUT2D eigenvalue weighted by molar-refractivity contribution is 8.00. The Balaban J connectivity index is 1.61. The van der Waals surface area contributed by atoms with Gasteiger partial charge in [0, 0.05) is 21.3 Å². The number of benzene rings is 3. The van der Waals surface area contributed by atoms with Crippen molar-refractivity contribution in [3.8, 4) is 0 Å². The molecular formula is C25H24Cl2N2O2S. The molecule has 2 N–H and O–H groups in total. The SMILES string of the molecule is CCc1cccc(C)c1NC(=O)C(C)Sc1ccc(NC(=O)c2ccc(Cl)cc2Cl)cc1. The summed E-state index contributed by atoms with van der Waals surface area (Å²) in [6, 6.07) is 18.1. The lowest BCUT2D eigenvalue weighted by molar-refractivity contribution is -0.115. The summed E-state index contributed by atoms with van der Waals surface area (Å²) in [6.45, 7) is 5.95. The van der Waals surface area contributed by atoms with Gasteiger partial charge in [-0.3, -0.25) is 9.59 Å². The van der Waals surface area contributed by atoms with Crippen LogP contribution >= 0.6 is 35.0 Å². The standard InChI is InChI=1S/C25H24Cl2N2O2S/c1-4-17-7-5-6-15(2)23(17)29-24(30)16(3)32-20-11-9-19(10-12-20)28-25(31)21-13-8-18(26)14-22(21)27/h5-14,16H,4H2,1-3H3,(H,28,31)(H,29,30). The van der Waals surface area contributed by atoms with E-state index in [4.69, 9.17) is 23.2 Å². The van der Waals surface area contributed by atoms with E-state index in [2.05, 4.69) is 17.6 Å². The Kier molecular flexibility index (Phi) is 8.24. The highest BCUT2D eigenvalue weighted by Gasteiger charge is 2.17. The van der Waals surface area contributed by atoms with Gasteiger partial charge in [0.05, 0.1) is 15.8 Å². The van der Waals surface area contributed by atoms with Crippen LogP contribution in [0.5, 0.6) is 0 Å². The molecule has 0 radical (unpaired) electrons. The number of aryl methyl sites for hydroxylation is 2. The van der Waals surface area contributed by atoms with Crippen LogP contribution in [0.3, 0.4) is 0 Å². The lowest BCUT2D eigenvalue weighted by Gasteiger charge is -2.16. The van der Waals surface area contributed by atoms with Gasteiger partial charge < -0.3 is 10.6 Å². The van der Waals surface area contributed by atoms with Crippen molar-refractivity contribution in [3.05, 3.63) is 87.4 Å². The zero-order chi connectivity index (χ0) is 23.3. The highest BCUT2D eigenvalue weighted by Crippen LogP contribution is 2.28. The lowest BCUT2D eigenvalue weighted by Crippen LogP contribution is -2.23. The maximum atomic E-state index is 12.8. The number of rotatable bonds is 7. The van der Waals surface area contributed by atoms with Crippen LogP contribution in [0.2, 0.25) is 10.0 Å². The van der Waals surface area contributed by atoms with Gasteiger partial charge in [0.2, 0.25) is 5.91 Å². The maximum absolute atomic E-state index is 12.8. The summed E-state index contributed by atoms with van der Waals surface area (Å²) < 4.78 is 0. The number of halogens is 2. The number of amides is 2. The van der Waals surface area contributed by atoms with Crippen LogP contribution in [0.4, 0.5) is 11.4 Å². The Morgan fingerprint density at radius 2 is 1.72 bits per heavy atom. The van der Waals surface area contributed by atoms with Gasteiger partial charge in [-0.05, 0) is 73.9 Å². The minimum Gasteiger partial charge on any atom is -0.325 e. The van der Waals surface area contributed by atoms with Crippen LogP contribution in [0, 0.1) is 6.92 Å². The maximum Gasteiger partial charge on any atom is 0.257 e. The summed E-state index contributed by atoms with van der Waals surface area (Å²) in [5.74, 6) is -0.362. The van der Waals surface area contributed by atoms with Gasteiger partial charge in [0.25, 0.3) is 5.91 Å². The van der Waals surface area contributed by atoms with Crippen molar-refractivity contribution in [3.63, 3.8) is 0 Å². The van der Waals surface area contributed by atoms with Crippen LogP contribution in [0.1, 0.15) is 35.3 Å². The Hall–Kier alpha value is -2.47. The fourth-order valence-electron chi connectivity index (χ4n) is 3.17. The van der Waals surface area contributed by atoms with Crippen molar-refractivity contribution in [2.24, 2.45) is 0 Å². The molecule has 1 atom stereocenters. The van der Waals surface area contributed by atoms with Gasteiger partial charge in [-0.15, -0.1) is 11.8 Å². The van der Waals surface area contributed by atoms with E-state index in [1.54, 1.807) is 24.3 Å². The van der Waals surface area contributed by atoms with E-state index in [0.29, 0.717) is 21.3 Å². The third-order valence-electron chi connectivity index (χ3n) is 4.96. The van der Waals surface area contributed by atoms with Crippen molar-refractivity contribution in [1.29, 1.82) is 0 Å². The number of thioether (sulfide) groups is 1. The van der Waals surface area contributed by atoms with Gasteiger partial charge in [-0.25, -0.2) is 0 Å². The summed E-state index contributed by atoms with van der Waals surface area (Å²) in [5, 5.41) is 6.37. The average molecular weight is 487 g/mol. The zero-order valence-corrected chi connectivity index (χ0v) is 20.4. The molecule has 0 aliphatic heterocycles. The van der Waals surface area contributed by atoms with Crippen LogP contribution in [0.15, 0.2) is 65.6 Å². The molecule has 0 saturated heterocycles. The molecule has 3 aromatic carbocycles. The van der Waals surface area contributed by atoms with Crippen LogP contribution < -0.4 is 10.6 Å². The first kappa shape index (κ1) is 24.2. The molecule has 7 heteroatoms. The monoisotopic (exact) mass is 486 g/mol. The zero-order valence-electron chi connectivity index (χ0n) is 18.0. The molecule has 0 aromatic heterocycles. The molecule has 3 aromatic rings. The summed E-state index contributed by atoms with van der Waals surface area (Å²) >= 11 is 13.4. The van der Waals surface area contributed by atoms with E-state index in [-0.39, 0.29) is 17.1 Å². The predicted octanol–water partition coefficient (Wildman–Crippen LogP) is 7.24. The number of carbonyl (C=O) groups is 2. The first-order chi connectivity index (χ1) is 15.3. The van der Waals surface area contributed by atoms with E-state index in [0.717, 1.165) is 28.1 Å². The van der Waals surface area contributed by atoms with Crippen molar-refractivity contribution in [2.45, 2.75) is 37.3 Å². The van der Waals surface area contributed by atoms with Crippen molar-refractivity contribution >= 4 is 58.2 Å². The molecule has 0 saturated carbocycles. The molecule has 0 heterocycles. The number of hydrogen-bond acceptors (Lipinski definition) is 3. The van der Waals surface area contributed by atoms with Gasteiger partial charge in [0.1, 0.15) is 0 Å². The van der Waals surface area contributed by atoms with Gasteiger partial charge in [-0.1, -0.05) is 48.3 Å². The second-order valence-electron chi connectivity index (χ2n) is 7.31. The summed E-state index contributed by atoms with van der Waals surface area (Å²) in [5.41, 5.74) is 4.05. The molecule has 32 heavy (non-hydrogen) atoms. The fraction of sp³-hybridized carbons (Fsp3) is 0.200. The third kappa shape index (κ3) is 6.06. The quantitative estimate of drug-likeness (QED) is 0.346. The average Bonchev–Trinajstić information content (AvgIpc) is 2.76. The van der Waals surface area contributed by atoms with Gasteiger partial charge in [-0.2, -0.15) is 0 Å². The summed E-state index contributed by atoms with van der Waals surface area (Å²) in [4.78, 5) is 26.1. The molecule has 0 spiro atoms. The second-order valence-corrected chi connectivity index (χ2v) is 9.57. The third-order valence-corrected chi connectivity index (χ3v) is 6.62. The van der Waals surface area contributed by atoms with E-state index < -0.39 is 0 Å². The molecule has 3 rings (SSSR count). The largest absolute Gasteiger partial charge is 0.325 e. The van der Waals surface area contributed by atoms with Gasteiger partial charge >= 0.3 is 0 Å². The van der Waals surface area contributed by atoms with E-state index in [1.165, 1.54) is 17.8 Å². The minimum atomic E-state index is -0.315. The molecule has 4 nitrogen and oxygen atoms in total. The smallest absolute Gasteiger partial charge is 0.257 e. The van der Waals surface area contributed by atoms with Crippen LogP contribution in [0.25, 0.3) is 0 Å². The van der Waals surface area contributed by atoms with Crippen molar-refractivity contribution in [2.75, 3.05) is 10.6 Å². The van der Waals surface area contributed by atoms with E-state index >= 15 is 0 Å². The van der Waals surface area contributed by atoms with E-state index in [9.17, 15) is 9.59 Å². The molecule has 0 bridgehead atoms. The molecule has 1 unspecified atom stereocenters. The first-order valence-electron chi connectivity index (χ1n) is 10.2. The Morgan fingerprint density at radius 1 is 1.00 bits per heavy atom. The van der Waals surface area contributed by atoms with Crippen molar-refractivity contribution < 1.29 is 9.59 Å². The molecule has 166 valence electrons. The predicted molar refractivity (Wildman–Crippen MR) is 135 cm³/mol. The fourth-order valence-corrected chi connectivity index (χ4v) is 4.54. The highest BCUT2D eigenvalue weighted by atomic mass is 35.5. The van der Waals surface area contributed by atoms with E-state index in [1.807, 2.05) is 44.2 Å². The van der Waals surface area contributed by atoms with Gasteiger partial charge in [0.15, 0.2) is 0 Å². The molecule has 0 aliphatic carbocycles. The Bertz CT molecular complexity index is 1130. The normalized spacial score (nSPS) is 11.7. The van der Waals surface area contributed by atoms with Crippen LogP contribution in [-0.4, -0.2) is 17.1 Å². The lowest BCUT2D eigenvalue weighted by atomic mass is 10.1. The number of carbonyl (C=O) groups excluding carboxylic acids is 2. The number of para-hydroxylation sites is 1. The molecule has 0 fully saturated rings. The number of anilines is 2. The summed E-state index contributed by atoms with van der Waals surface area (Å²) in [6.07, 6.45) is 0.854. The molecule has 0 aliphatic rings.